The highest BCUT2D eigenvalue weighted by Gasteiger charge is 2.10. The van der Waals surface area contributed by atoms with E-state index in [4.69, 9.17) is 5.11 Å². The molecule has 17 heavy (non-hydrogen) atoms. The summed E-state index contributed by atoms with van der Waals surface area (Å²) >= 11 is 0. The number of amides is 1. The maximum atomic E-state index is 11.5. The topological polar surface area (TPSA) is 115 Å². The second kappa shape index (κ2) is 6.00. The number of aromatic amines is 2. The Balaban J connectivity index is 2.68. The monoisotopic (exact) mass is 241 g/mol. The summed E-state index contributed by atoms with van der Waals surface area (Å²) in [7, 11) is 0. The Hall–Kier alpha value is -1.89. The summed E-state index contributed by atoms with van der Waals surface area (Å²) in [5, 5.41) is 11.5. The lowest BCUT2D eigenvalue weighted by Gasteiger charge is -2.13. The number of hydrogen-bond donors (Lipinski definition) is 4. The van der Waals surface area contributed by atoms with E-state index >= 15 is 0 Å². The third kappa shape index (κ3) is 4.23. The third-order valence-corrected chi connectivity index (χ3v) is 2.25. The van der Waals surface area contributed by atoms with E-state index in [-0.39, 0.29) is 30.7 Å². The molecule has 0 aliphatic heterocycles. The van der Waals surface area contributed by atoms with Gasteiger partial charge in [-0.3, -0.25) is 14.6 Å². The van der Waals surface area contributed by atoms with Crippen LogP contribution in [0.2, 0.25) is 0 Å². The van der Waals surface area contributed by atoms with E-state index in [0.717, 1.165) is 6.07 Å². The van der Waals surface area contributed by atoms with Gasteiger partial charge in [-0.1, -0.05) is 6.92 Å². The van der Waals surface area contributed by atoms with Gasteiger partial charge in [-0.05, 0) is 6.42 Å². The molecule has 7 nitrogen and oxygen atoms in total. The highest BCUT2D eigenvalue weighted by molar-refractivity contribution is 5.78. The molecule has 0 aromatic carbocycles. The molecular formula is C10H15N3O4. The van der Waals surface area contributed by atoms with Crippen LogP contribution in [0.5, 0.6) is 0 Å². The number of rotatable bonds is 5. The lowest BCUT2D eigenvalue weighted by molar-refractivity contribution is -0.121. The average molecular weight is 241 g/mol. The van der Waals surface area contributed by atoms with Gasteiger partial charge in [0.25, 0.3) is 5.56 Å². The number of nitrogens with one attached hydrogen (secondary N) is 3. The van der Waals surface area contributed by atoms with Crippen LogP contribution in [0.4, 0.5) is 0 Å². The van der Waals surface area contributed by atoms with Crippen molar-refractivity contribution in [2.24, 2.45) is 0 Å². The number of carbonyl (C=O) groups excluding carboxylic acids is 1. The van der Waals surface area contributed by atoms with Crippen LogP contribution in [0, 0.1) is 0 Å². The molecule has 0 fully saturated rings. The molecule has 0 aliphatic rings. The lowest BCUT2D eigenvalue weighted by atomic mass is 10.2. The first kappa shape index (κ1) is 13.2. The van der Waals surface area contributed by atoms with Crippen LogP contribution >= 0.6 is 0 Å². The fraction of sp³-hybridized carbons (Fsp3) is 0.500. The first-order chi connectivity index (χ1) is 8.05. The van der Waals surface area contributed by atoms with Crippen molar-refractivity contribution in [1.29, 1.82) is 0 Å². The standard InChI is InChI=1S/C10H15N3O4/c1-2-6(5-14)11-8(15)3-7-4-9(16)13-10(17)12-7/h4,6,14H,2-3,5H2,1H3,(H,11,15)(H2,12,13,16,17)/t6-/m1/s1. The quantitative estimate of drug-likeness (QED) is 0.501. The second-order valence-corrected chi connectivity index (χ2v) is 3.64. The largest absolute Gasteiger partial charge is 0.394 e. The zero-order valence-corrected chi connectivity index (χ0v) is 9.45. The predicted octanol–water partition coefficient (Wildman–Crippen LogP) is -1.51. The number of H-pyrrole nitrogens is 2. The van der Waals surface area contributed by atoms with Crippen molar-refractivity contribution in [2.75, 3.05) is 6.61 Å². The van der Waals surface area contributed by atoms with E-state index in [2.05, 4.69) is 10.3 Å². The fourth-order valence-corrected chi connectivity index (χ4v) is 1.34. The van der Waals surface area contributed by atoms with Crippen molar-refractivity contribution in [3.8, 4) is 0 Å². The Morgan fingerprint density at radius 1 is 1.47 bits per heavy atom. The van der Waals surface area contributed by atoms with Gasteiger partial charge in [0, 0.05) is 11.8 Å². The summed E-state index contributed by atoms with van der Waals surface area (Å²) in [5.41, 5.74) is -0.954. The maximum absolute atomic E-state index is 11.5. The van der Waals surface area contributed by atoms with E-state index in [1.807, 2.05) is 11.9 Å². The molecule has 94 valence electrons. The summed E-state index contributed by atoms with van der Waals surface area (Å²) < 4.78 is 0. The number of aromatic nitrogens is 2. The summed E-state index contributed by atoms with van der Waals surface area (Å²) in [6.07, 6.45) is 0.504. The minimum Gasteiger partial charge on any atom is -0.394 e. The molecule has 1 amide bonds. The normalized spacial score (nSPS) is 12.1. The van der Waals surface area contributed by atoms with Gasteiger partial charge < -0.3 is 15.4 Å². The van der Waals surface area contributed by atoms with Crippen LogP contribution < -0.4 is 16.6 Å². The molecule has 1 atom stereocenters. The molecule has 1 heterocycles. The first-order valence-corrected chi connectivity index (χ1v) is 5.28. The lowest BCUT2D eigenvalue weighted by Crippen LogP contribution is -2.38. The highest BCUT2D eigenvalue weighted by atomic mass is 16.3. The van der Waals surface area contributed by atoms with E-state index in [1.165, 1.54) is 0 Å². The molecule has 0 bridgehead atoms. The molecule has 0 aliphatic carbocycles. The Morgan fingerprint density at radius 3 is 2.71 bits per heavy atom. The molecule has 1 aromatic rings. The molecule has 4 N–H and O–H groups in total. The minimum atomic E-state index is -0.644. The molecule has 1 aromatic heterocycles. The smallest absolute Gasteiger partial charge is 0.325 e. The summed E-state index contributed by atoms with van der Waals surface area (Å²) in [5.74, 6) is -0.354. The number of aliphatic hydroxyl groups excluding tert-OH is 1. The van der Waals surface area contributed by atoms with Crippen molar-refractivity contribution >= 4 is 5.91 Å². The van der Waals surface area contributed by atoms with Crippen molar-refractivity contribution in [1.82, 2.24) is 15.3 Å². The number of carbonyl (C=O) groups is 1. The van der Waals surface area contributed by atoms with Gasteiger partial charge in [0.2, 0.25) is 5.91 Å². The van der Waals surface area contributed by atoms with Crippen LogP contribution in [-0.2, 0) is 11.2 Å². The molecule has 0 spiro atoms. The van der Waals surface area contributed by atoms with Crippen LogP contribution in [0.15, 0.2) is 15.7 Å². The Bertz CT molecular complexity index is 459. The van der Waals surface area contributed by atoms with Crippen molar-refractivity contribution in [3.63, 3.8) is 0 Å². The predicted molar refractivity (Wildman–Crippen MR) is 60.7 cm³/mol. The molecule has 1 rings (SSSR count). The Kier molecular flexibility index (Phi) is 4.65. The van der Waals surface area contributed by atoms with Crippen LogP contribution in [-0.4, -0.2) is 33.6 Å². The molecular weight excluding hydrogens is 226 g/mol. The van der Waals surface area contributed by atoms with E-state index < -0.39 is 11.2 Å². The SMILES string of the molecule is CC[C@H](CO)NC(=O)Cc1cc(=O)[nH]c(=O)[nH]1. The van der Waals surface area contributed by atoms with Crippen LogP contribution in [0.25, 0.3) is 0 Å². The van der Waals surface area contributed by atoms with Crippen LogP contribution in [0.3, 0.4) is 0 Å². The second-order valence-electron chi connectivity index (χ2n) is 3.64. The van der Waals surface area contributed by atoms with Gasteiger partial charge >= 0.3 is 5.69 Å². The molecule has 0 saturated carbocycles. The van der Waals surface area contributed by atoms with Crippen molar-refractivity contribution in [3.05, 3.63) is 32.6 Å². The summed E-state index contributed by atoms with van der Waals surface area (Å²) in [6, 6.07) is 0.845. The van der Waals surface area contributed by atoms with E-state index in [9.17, 15) is 14.4 Å². The fourth-order valence-electron chi connectivity index (χ4n) is 1.34. The zero-order chi connectivity index (χ0) is 12.8. The van der Waals surface area contributed by atoms with E-state index in [1.54, 1.807) is 0 Å². The molecule has 0 radical (unpaired) electrons. The Labute approximate surface area is 96.9 Å². The van der Waals surface area contributed by atoms with Gasteiger partial charge in [0.15, 0.2) is 0 Å². The highest BCUT2D eigenvalue weighted by Crippen LogP contribution is 1.92. The van der Waals surface area contributed by atoms with Crippen LogP contribution in [0.1, 0.15) is 19.0 Å². The van der Waals surface area contributed by atoms with Gasteiger partial charge in [-0.25, -0.2) is 4.79 Å². The first-order valence-electron chi connectivity index (χ1n) is 5.28. The maximum Gasteiger partial charge on any atom is 0.325 e. The zero-order valence-electron chi connectivity index (χ0n) is 9.45. The summed E-state index contributed by atoms with van der Waals surface area (Å²) in [4.78, 5) is 37.8. The van der Waals surface area contributed by atoms with Gasteiger partial charge in [-0.2, -0.15) is 0 Å². The summed E-state index contributed by atoms with van der Waals surface area (Å²) in [6.45, 7) is 1.68. The van der Waals surface area contributed by atoms with E-state index in [0.29, 0.717) is 6.42 Å². The number of aliphatic hydroxyl groups is 1. The van der Waals surface area contributed by atoms with Crippen molar-refractivity contribution < 1.29 is 9.90 Å². The molecule has 0 unspecified atom stereocenters. The average Bonchev–Trinajstić information content (AvgIpc) is 2.24. The van der Waals surface area contributed by atoms with Crippen molar-refractivity contribution in [2.45, 2.75) is 25.8 Å². The minimum absolute atomic E-state index is 0.102. The number of hydrogen-bond acceptors (Lipinski definition) is 4. The molecule has 7 heteroatoms. The molecule has 0 saturated heterocycles. The van der Waals surface area contributed by atoms with Gasteiger partial charge in [0.1, 0.15) is 0 Å². The Morgan fingerprint density at radius 2 is 2.18 bits per heavy atom. The third-order valence-electron chi connectivity index (χ3n) is 2.25. The van der Waals surface area contributed by atoms with Gasteiger partial charge in [-0.15, -0.1) is 0 Å². The van der Waals surface area contributed by atoms with Gasteiger partial charge in [0.05, 0.1) is 19.1 Å².